The van der Waals surface area contributed by atoms with Crippen molar-refractivity contribution in [1.82, 2.24) is 0 Å². The van der Waals surface area contributed by atoms with Crippen molar-refractivity contribution in [3.63, 3.8) is 0 Å². The Bertz CT molecular complexity index is 365. The van der Waals surface area contributed by atoms with Crippen LogP contribution in [0.1, 0.15) is 31.9 Å². The van der Waals surface area contributed by atoms with E-state index in [2.05, 4.69) is 0 Å². The molecule has 0 bridgehead atoms. The zero-order valence-electron chi connectivity index (χ0n) is 9.51. The predicted octanol–water partition coefficient (Wildman–Crippen LogP) is 1.38. The van der Waals surface area contributed by atoms with Crippen molar-refractivity contribution in [2.24, 2.45) is 5.73 Å². The number of nitrogens with two attached hydrogens (primary N) is 1. The van der Waals surface area contributed by atoms with Gasteiger partial charge in [-0.1, -0.05) is 25.1 Å². The third-order valence-electron chi connectivity index (χ3n) is 2.37. The Kier molecular flexibility index (Phi) is 4.31. The third-order valence-corrected chi connectivity index (χ3v) is 2.37. The normalized spacial score (nSPS) is 14.2. The fourth-order valence-corrected chi connectivity index (χ4v) is 1.33. The van der Waals surface area contributed by atoms with Crippen LogP contribution in [0.25, 0.3) is 0 Å². The first kappa shape index (κ1) is 12.5. The predicted molar refractivity (Wildman–Crippen MR) is 61.0 cm³/mol. The van der Waals surface area contributed by atoms with Crippen molar-refractivity contribution in [1.29, 1.82) is 0 Å². The molecule has 1 aromatic carbocycles. The number of amides is 1. The Hall–Kier alpha value is -1.55. The van der Waals surface area contributed by atoms with E-state index in [1.807, 2.05) is 13.0 Å². The van der Waals surface area contributed by atoms with Gasteiger partial charge in [0, 0.05) is 5.56 Å². The number of hydrogen-bond donors (Lipinski definition) is 2. The molecule has 3 N–H and O–H groups in total. The average molecular weight is 223 g/mol. The summed E-state index contributed by atoms with van der Waals surface area (Å²) in [5.74, 6) is -0.0241. The number of aliphatic hydroxyl groups is 1. The SMILES string of the molecule is CC[C@@H](O)c1ccccc1OC(C)C(N)=O. The Labute approximate surface area is 95.0 Å². The Morgan fingerprint density at radius 3 is 2.69 bits per heavy atom. The molecular formula is C12H17NO3. The lowest BCUT2D eigenvalue weighted by Crippen LogP contribution is -2.31. The maximum absolute atomic E-state index is 10.9. The third kappa shape index (κ3) is 2.97. The van der Waals surface area contributed by atoms with Gasteiger partial charge in [-0.15, -0.1) is 0 Å². The molecule has 0 radical (unpaired) electrons. The van der Waals surface area contributed by atoms with Gasteiger partial charge >= 0.3 is 0 Å². The van der Waals surface area contributed by atoms with Crippen molar-refractivity contribution in [3.8, 4) is 5.75 Å². The maximum atomic E-state index is 10.9. The van der Waals surface area contributed by atoms with Crippen LogP contribution < -0.4 is 10.5 Å². The molecule has 0 aliphatic carbocycles. The van der Waals surface area contributed by atoms with Crippen LogP contribution in [0.5, 0.6) is 5.75 Å². The molecule has 1 aromatic rings. The van der Waals surface area contributed by atoms with Gasteiger partial charge in [0.15, 0.2) is 6.10 Å². The molecule has 0 aliphatic rings. The highest BCUT2D eigenvalue weighted by molar-refractivity contribution is 5.78. The number of benzene rings is 1. The van der Waals surface area contributed by atoms with E-state index in [9.17, 15) is 9.90 Å². The van der Waals surface area contributed by atoms with Crippen LogP contribution in [0, 0.1) is 0 Å². The van der Waals surface area contributed by atoms with Crippen molar-refractivity contribution in [2.75, 3.05) is 0 Å². The van der Waals surface area contributed by atoms with Crippen LogP contribution >= 0.6 is 0 Å². The van der Waals surface area contributed by atoms with E-state index in [1.54, 1.807) is 25.1 Å². The molecule has 0 fully saturated rings. The fourth-order valence-electron chi connectivity index (χ4n) is 1.33. The lowest BCUT2D eigenvalue weighted by Gasteiger charge is -2.17. The molecule has 88 valence electrons. The number of rotatable bonds is 5. The van der Waals surface area contributed by atoms with Gasteiger partial charge in [0.2, 0.25) is 0 Å². The van der Waals surface area contributed by atoms with Crippen LogP contribution in [-0.2, 0) is 4.79 Å². The molecule has 0 heterocycles. The van der Waals surface area contributed by atoms with Gasteiger partial charge in [-0.05, 0) is 19.4 Å². The van der Waals surface area contributed by atoms with Crippen molar-refractivity contribution in [2.45, 2.75) is 32.5 Å². The Morgan fingerprint density at radius 2 is 2.12 bits per heavy atom. The van der Waals surface area contributed by atoms with Crippen molar-refractivity contribution >= 4 is 5.91 Å². The van der Waals surface area contributed by atoms with E-state index in [1.165, 1.54) is 0 Å². The van der Waals surface area contributed by atoms with Gasteiger partial charge in [0.25, 0.3) is 5.91 Å². The van der Waals surface area contributed by atoms with E-state index in [0.29, 0.717) is 17.7 Å². The molecule has 1 unspecified atom stereocenters. The number of hydrogen-bond acceptors (Lipinski definition) is 3. The summed E-state index contributed by atoms with van der Waals surface area (Å²) in [5, 5.41) is 9.77. The lowest BCUT2D eigenvalue weighted by molar-refractivity contribution is -0.124. The topological polar surface area (TPSA) is 72.6 Å². The zero-order valence-corrected chi connectivity index (χ0v) is 9.51. The summed E-state index contributed by atoms with van der Waals surface area (Å²) in [7, 11) is 0. The van der Waals surface area contributed by atoms with Crippen LogP contribution in [0.4, 0.5) is 0 Å². The summed E-state index contributed by atoms with van der Waals surface area (Å²) < 4.78 is 5.40. The van der Waals surface area contributed by atoms with Crippen molar-refractivity contribution < 1.29 is 14.6 Å². The van der Waals surface area contributed by atoms with Gasteiger partial charge in [-0.25, -0.2) is 0 Å². The highest BCUT2D eigenvalue weighted by Gasteiger charge is 2.15. The number of aliphatic hydroxyl groups excluding tert-OH is 1. The summed E-state index contributed by atoms with van der Waals surface area (Å²) in [4.78, 5) is 10.9. The minimum atomic E-state index is -0.704. The second kappa shape index (κ2) is 5.51. The van der Waals surface area contributed by atoms with Crippen LogP contribution in [0.15, 0.2) is 24.3 Å². The van der Waals surface area contributed by atoms with Gasteiger partial charge in [0.05, 0.1) is 6.10 Å². The standard InChI is InChI=1S/C12H17NO3/c1-3-10(14)9-6-4-5-7-11(9)16-8(2)12(13)15/h4-8,10,14H,3H2,1-2H3,(H2,13,15)/t8?,10-/m1/s1. The molecule has 0 saturated carbocycles. The highest BCUT2D eigenvalue weighted by atomic mass is 16.5. The van der Waals surface area contributed by atoms with Gasteiger partial charge in [-0.2, -0.15) is 0 Å². The maximum Gasteiger partial charge on any atom is 0.258 e. The van der Waals surface area contributed by atoms with Crippen LogP contribution in [-0.4, -0.2) is 17.1 Å². The minimum Gasteiger partial charge on any atom is -0.481 e. The first-order chi connectivity index (χ1) is 7.56. The number of ether oxygens (including phenoxy) is 1. The molecule has 4 heteroatoms. The molecule has 2 atom stereocenters. The number of carbonyl (C=O) groups excluding carboxylic acids is 1. The molecule has 1 amide bonds. The number of carbonyl (C=O) groups is 1. The molecule has 0 aliphatic heterocycles. The van der Waals surface area contributed by atoms with Crippen LogP contribution in [0.2, 0.25) is 0 Å². The minimum absolute atomic E-state index is 0.503. The van der Waals surface area contributed by atoms with Gasteiger partial charge in [-0.3, -0.25) is 4.79 Å². The van der Waals surface area contributed by atoms with E-state index < -0.39 is 18.1 Å². The average Bonchev–Trinajstić information content (AvgIpc) is 2.28. The first-order valence-electron chi connectivity index (χ1n) is 5.29. The van der Waals surface area contributed by atoms with E-state index in [4.69, 9.17) is 10.5 Å². The Morgan fingerprint density at radius 1 is 1.50 bits per heavy atom. The fraction of sp³-hybridized carbons (Fsp3) is 0.417. The Balaban J connectivity index is 2.90. The number of para-hydroxylation sites is 1. The molecule has 0 aromatic heterocycles. The quantitative estimate of drug-likeness (QED) is 0.792. The monoisotopic (exact) mass is 223 g/mol. The zero-order chi connectivity index (χ0) is 12.1. The molecule has 4 nitrogen and oxygen atoms in total. The largest absolute Gasteiger partial charge is 0.481 e. The van der Waals surface area contributed by atoms with Crippen LogP contribution in [0.3, 0.4) is 0 Å². The smallest absolute Gasteiger partial charge is 0.258 e. The second-order valence-corrected chi connectivity index (χ2v) is 3.62. The van der Waals surface area contributed by atoms with E-state index >= 15 is 0 Å². The molecule has 0 saturated heterocycles. The lowest BCUT2D eigenvalue weighted by atomic mass is 10.1. The van der Waals surface area contributed by atoms with E-state index in [-0.39, 0.29) is 0 Å². The highest BCUT2D eigenvalue weighted by Crippen LogP contribution is 2.27. The summed E-state index contributed by atoms with van der Waals surface area (Å²) in [6.45, 7) is 3.45. The molecule has 1 rings (SSSR count). The molecule has 0 spiro atoms. The first-order valence-corrected chi connectivity index (χ1v) is 5.29. The summed E-state index contributed by atoms with van der Waals surface area (Å²) >= 11 is 0. The summed E-state index contributed by atoms with van der Waals surface area (Å²) in [6.07, 6.45) is -0.702. The summed E-state index contributed by atoms with van der Waals surface area (Å²) in [5.41, 5.74) is 5.79. The van der Waals surface area contributed by atoms with Gasteiger partial charge in [0.1, 0.15) is 5.75 Å². The molecular weight excluding hydrogens is 206 g/mol. The number of primary amides is 1. The van der Waals surface area contributed by atoms with Gasteiger partial charge < -0.3 is 15.6 Å². The van der Waals surface area contributed by atoms with E-state index in [0.717, 1.165) is 0 Å². The molecule has 16 heavy (non-hydrogen) atoms. The van der Waals surface area contributed by atoms with Crippen molar-refractivity contribution in [3.05, 3.63) is 29.8 Å². The second-order valence-electron chi connectivity index (χ2n) is 3.62. The summed E-state index contributed by atoms with van der Waals surface area (Å²) in [6, 6.07) is 7.09.